The number of hydrogen-bond acceptors (Lipinski definition) is 2. The summed E-state index contributed by atoms with van der Waals surface area (Å²) in [5.41, 5.74) is 5.41. The molecule has 0 heterocycles. The van der Waals surface area contributed by atoms with Gasteiger partial charge in [-0.05, 0) is 19.4 Å². The van der Waals surface area contributed by atoms with E-state index in [4.69, 9.17) is 11.1 Å². The molecule has 0 radical (unpaired) electrons. The SMILES string of the molecule is CCN(CCC(=N)N)C1CCCCCC1. The molecule has 1 aliphatic rings. The first kappa shape index (κ1) is 12.5. The Bertz CT molecular complexity index is 183. The first-order valence-corrected chi connectivity index (χ1v) is 6.31. The Hall–Kier alpha value is -0.570. The normalized spacial score (nSPS) is 19.1. The van der Waals surface area contributed by atoms with Crippen molar-refractivity contribution < 1.29 is 0 Å². The number of rotatable bonds is 5. The van der Waals surface area contributed by atoms with Crippen LogP contribution in [0.2, 0.25) is 0 Å². The molecule has 0 aliphatic heterocycles. The predicted molar refractivity (Wildman–Crippen MR) is 65.3 cm³/mol. The number of nitrogens with one attached hydrogen (secondary N) is 1. The van der Waals surface area contributed by atoms with Gasteiger partial charge in [-0.3, -0.25) is 5.41 Å². The largest absolute Gasteiger partial charge is 0.388 e. The van der Waals surface area contributed by atoms with Gasteiger partial charge in [-0.2, -0.15) is 0 Å². The summed E-state index contributed by atoms with van der Waals surface area (Å²) in [4.78, 5) is 2.51. The van der Waals surface area contributed by atoms with E-state index in [2.05, 4.69) is 11.8 Å². The summed E-state index contributed by atoms with van der Waals surface area (Å²) in [5.74, 6) is 0.321. The van der Waals surface area contributed by atoms with E-state index in [0.717, 1.165) is 25.6 Å². The molecular formula is C12H25N3. The van der Waals surface area contributed by atoms with Gasteiger partial charge in [0.15, 0.2) is 0 Å². The summed E-state index contributed by atoms with van der Waals surface area (Å²) in [6.45, 7) is 4.28. The van der Waals surface area contributed by atoms with Crippen LogP contribution in [0, 0.1) is 5.41 Å². The first-order chi connectivity index (χ1) is 7.24. The Kier molecular flexibility index (Phi) is 5.69. The second kappa shape index (κ2) is 6.83. The summed E-state index contributed by atoms with van der Waals surface area (Å²) in [6.07, 6.45) is 8.96. The van der Waals surface area contributed by atoms with E-state index in [0.29, 0.717) is 5.84 Å². The van der Waals surface area contributed by atoms with Crippen molar-refractivity contribution >= 4 is 5.84 Å². The third kappa shape index (κ3) is 4.65. The summed E-state index contributed by atoms with van der Waals surface area (Å²) >= 11 is 0. The van der Waals surface area contributed by atoms with Crippen LogP contribution in [0.5, 0.6) is 0 Å². The molecule has 3 N–H and O–H groups in total. The minimum atomic E-state index is 0.321. The zero-order valence-corrected chi connectivity index (χ0v) is 9.97. The molecule has 3 nitrogen and oxygen atoms in total. The zero-order valence-electron chi connectivity index (χ0n) is 9.97. The molecule has 0 saturated heterocycles. The van der Waals surface area contributed by atoms with Crippen LogP contribution >= 0.6 is 0 Å². The fourth-order valence-electron chi connectivity index (χ4n) is 2.49. The molecule has 1 rings (SSSR count). The van der Waals surface area contributed by atoms with Gasteiger partial charge in [-0.1, -0.05) is 32.6 Å². The Labute approximate surface area is 93.5 Å². The van der Waals surface area contributed by atoms with Gasteiger partial charge in [-0.15, -0.1) is 0 Å². The average Bonchev–Trinajstić information content (AvgIpc) is 2.47. The molecule has 1 aliphatic carbocycles. The molecule has 0 aromatic rings. The molecule has 0 amide bonds. The van der Waals surface area contributed by atoms with Crippen LogP contribution in [0.3, 0.4) is 0 Å². The summed E-state index contributed by atoms with van der Waals surface area (Å²) in [6, 6.07) is 0.747. The van der Waals surface area contributed by atoms with Crippen molar-refractivity contribution in [1.82, 2.24) is 4.90 Å². The standard InChI is InChI=1S/C12H25N3/c1-2-15(10-9-12(13)14)11-7-5-3-4-6-8-11/h11H,2-10H2,1H3,(H3,13,14). The monoisotopic (exact) mass is 211 g/mol. The van der Waals surface area contributed by atoms with Crippen molar-refractivity contribution in [2.24, 2.45) is 5.73 Å². The Morgan fingerprint density at radius 3 is 2.33 bits per heavy atom. The third-order valence-corrected chi connectivity index (χ3v) is 3.42. The minimum absolute atomic E-state index is 0.321. The Morgan fingerprint density at radius 2 is 1.87 bits per heavy atom. The van der Waals surface area contributed by atoms with Crippen LogP contribution in [0.25, 0.3) is 0 Å². The highest BCUT2D eigenvalue weighted by molar-refractivity contribution is 5.76. The fourth-order valence-corrected chi connectivity index (χ4v) is 2.49. The van der Waals surface area contributed by atoms with Gasteiger partial charge in [0.2, 0.25) is 0 Å². The molecular weight excluding hydrogens is 186 g/mol. The number of nitrogens with zero attached hydrogens (tertiary/aromatic N) is 1. The van der Waals surface area contributed by atoms with E-state index < -0.39 is 0 Å². The predicted octanol–water partition coefficient (Wildman–Crippen LogP) is 2.36. The van der Waals surface area contributed by atoms with Crippen LogP contribution in [0.1, 0.15) is 51.9 Å². The molecule has 0 aromatic heterocycles. The molecule has 0 aromatic carbocycles. The van der Waals surface area contributed by atoms with Gasteiger partial charge in [0.05, 0.1) is 5.84 Å². The van der Waals surface area contributed by atoms with Crippen LogP contribution < -0.4 is 5.73 Å². The van der Waals surface area contributed by atoms with Crippen LogP contribution in [-0.2, 0) is 0 Å². The van der Waals surface area contributed by atoms with Crippen molar-refractivity contribution in [3.63, 3.8) is 0 Å². The quantitative estimate of drug-likeness (QED) is 0.417. The van der Waals surface area contributed by atoms with Gasteiger partial charge in [0.1, 0.15) is 0 Å². The lowest BCUT2D eigenvalue weighted by Gasteiger charge is -2.29. The van der Waals surface area contributed by atoms with Crippen LogP contribution in [-0.4, -0.2) is 29.9 Å². The van der Waals surface area contributed by atoms with E-state index >= 15 is 0 Å². The zero-order chi connectivity index (χ0) is 11.1. The summed E-state index contributed by atoms with van der Waals surface area (Å²) < 4.78 is 0. The highest BCUT2D eigenvalue weighted by Crippen LogP contribution is 2.21. The smallest absolute Gasteiger partial charge is 0.0918 e. The second-order valence-electron chi connectivity index (χ2n) is 4.55. The number of amidine groups is 1. The summed E-state index contributed by atoms with van der Waals surface area (Å²) in [7, 11) is 0. The van der Waals surface area contributed by atoms with Gasteiger partial charge in [-0.25, -0.2) is 0 Å². The highest BCUT2D eigenvalue weighted by atomic mass is 15.1. The summed E-state index contributed by atoms with van der Waals surface area (Å²) in [5, 5.41) is 7.27. The third-order valence-electron chi connectivity index (χ3n) is 3.42. The molecule has 3 heteroatoms. The van der Waals surface area contributed by atoms with Crippen molar-refractivity contribution in [1.29, 1.82) is 5.41 Å². The van der Waals surface area contributed by atoms with Gasteiger partial charge in [0.25, 0.3) is 0 Å². The Balaban J connectivity index is 2.37. The topological polar surface area (TPSA) is 53.1 Å². The van der Waals surface area contributed by atoms with E-state index in [1.165, 1.54) is 38.5 Å². The molecule has 0 atom stereocenters. The maximum atomic E-state index is 7.27. The highest BCUT2D eigenvalue weighted by Gasteiger charge is 2.18. The van der Waals surface area contributed by atoms with Crippen molar-refractivity contribution in [3.8, 4) is 0 Å². The van der Waals surface area contributed by atoms with E-state index in [1.54, 1.807) is 0 Å². The van der Waals surface area contributed by atoms with Gasteiger partial charge >= 0.3 is 0 Å². The lowest BCUT2D eigenvalue weighted by atomic mass is 10.1. The molecule has 0 spiro atoms. The maximum absolute atomic E-state index is 7.27. The minimum Gasteiger partial charge on any atom is -0.388 e. The maximum Gasteiger partial charge on any atom is 0.0918 e. The van der Waals surface area contributed by atoms with Crippen molar-refractivity contribution in [2.75, 3.05) is 13.1 Å². The molecule has 88 valence electrons. The fraction of sp³-hybridized carbons (Fsp3) is 0.917. The van der Waals surface area contributed by atoms with Gasteiger partial charge in [0, 0.05) is 19.0 Å². The molecule has 0 bridgehead atoms. The Morgan fingerprint density at radius 1 is 1.27 bits per heavy atom. The van der Waals surface area contributed by atoms with E-state index in [-0.39, 0.29) is 0 Å². The average molecular weight is 211 g/mol. The van der Waals surface area contributed by atoms with Crippen molar-refractivity contribution in [2.45, 2.75) is 57.9 Å². The van der Waals surface area contributed by atoms with E-state index in [9.17, 15) is 0 Å². The number of nitrogens with two attached hydrogens (primary N) is 1. The lowest BCUT2D eigenvalue weighted by Crippen LogP contribution is -2.37. The lowest BCUT2D eigenvalue weighted by molar-refractivity contribution is 0.193. The molecule has 1 fully saturated rings. The molecule has 0 unspecified atom stereocenters. The first-order valence-electron chi connectivity index (χ1n) is 6.31. The van der Waals surface area contributed by atoms with Crippen LogP contribution in [0.15, 0.2) is 0 Å². The number of hydrogen-bond donors (Lipinski definition) is 2. The molecule has 15 heavy (non-hydrogen) atoms. The second-order valence-corrected chi connectivity index (χ2v) is 4.55. The van der Waals surface area contributed by atoms with Crippen molar-refractivity contribution in [3.05, 3.63) is 0 Å². The molecule has 1 saturated carbocycles. The van der Waals surface area contributed by atoms with Gasteiger partial charge < -0.3 is 10.6 Å². The van der Waals surface area contributed by atoms with E-state index in [1.807, 2.05) is 0 Å². The van der Waals surface area contributed by atoms with Crippen LogP contribution in [0.4, 0.5) is 0 Å².